The standard InChI is InChI=1S/C13H20N2O4S/c14-11-4-5-13(16)15(9-11)6-2-8-20(17,18)10-12-3-1-7-19-12/h4-5,9,12H,1-3,6-8,10,14H2. The Morgan fingerprint density at radius 3 is 2.90 bits per heavy atom. The molecule has 1 unspecified atom stereocenters. The Hall–Kier alpha value is -1.34. The van der Waals surface area contributed by atoms with Crippen LogP contribution in [0.25, 0.3) is 0 Å². The monoisotopic (exact) mass is 300 g/mol. The lowest BCUT2D eigenvalue weighted by Gasteiger charge is -2.10. The topological polar surface area (TPSA) is 91.4 Å². The lowest BCUT2D eigenvalue weighted by Crippen LogP contribution is -2.24. The van der Waals surface area contributed by atoms with Crippen molar-refractivity contribution < 1.29 is 13.2 Å². The summed E-state index contributed by atoms with van der Waals surface area (Å²) in [5, 5.41) is 0. The highest BCUT2D eigenvalue weighted by Gasteiger charge is 2.22. The zero-order chi connectivity index (χ0) is 14.6. The van der Waals surface area contributed by atoms with E-state index in [0.717, 1.165) is 12.8 Å². The fraction of sp³-hybridized carbons (Fsp3) is 0.615. The lowest BCUT2D eigenvalue weighted by atomic mass is 10.3. The van der Waals surface area contributed by atoms with Crippen LogP contribution < -0.4 is 11.3 Å². The largest absolute Gasteiger partial charge is 0.398 e. The summed E-state index contributed by atoms with van der Waals surface area (Å²) in [6.45, 7) is 1.01. The molecule has 1 saturated heterocycles. The Labute approximate surface area is 118 Å². The summed E-state index contributed by atoms with van der Waals surface area (Å²) >= 11 is 0. The van der Waals surface area contributed by atoms with E-state index in [2.05, 4.69) is 0 Å². The molecule has 6 nitrogen and oxygen atoms in total. The Bertz CT molecular complexity index is 603. The molecule has 1 atom stereocenters. The van der Waals surface area contributed by atoms with E-state index < -0.39 is 9.84 Å². The second kappa shape index (κ2) is 6.41. The molecule has 1 aliphatic rings. The number of sulfone groups is 1. The van der Waals surface area contributed by atoms with E-state index in [0.29, 0.717) is 25.3 Å². The molecule has 0 spiro atoms. The van der Waals surface area contributed by atoms with E-state index >= 15 is 0 Å². The van der Waals surface area contributed by atoms with Crippen molar-refractivity contribution in [2.24, 2.45) is 0 Å². The van der Waals surface area contributed by atoms with Crippen LogP contribution in [0, 0.1) is 0 Å². The van der Waals surface area contributed by atoms with Gasteiger partial charge in [0.25, 0.3) is 5.56 Å². The Morgan fingerprint density at radius 1 is 1.40 bits per heavy atom. The van der Waals surface area contributed by atoms with Crippen molar-refractivity contribution in [3.8, 4) is 0 Å². The van der Waals surface area contributed by atoms with E-state index in [1.54, 1.807) is 0 Å². The van der Waals surface area contributed by atoms with Gasteiger partial charge in [-0.1, -0.05) is 0 Å². The molecule has 7 heteroatoms. The molecular formula is C13H20N2O4S. The predicted molar refractivity (Wildman–Crippen MR) is 77.4 cm³/mol. The molecule has 1 aliphatic heterocycles. The maximum absolute atomic E-state index is 11.9. The lowest BCUT2D eigenvalue weighted by molar-refractivity contribution is 0.127. The molecule has 0 aliphatic carbocycles. The van der Waals surface area contributed by atoms with Crippen molar-refractivity contribution in [1.82, 2.24) is 4.57 Å². The molecule has 0 aromatic carbocycles. The average molecular weight is 300 g/mol. The Morgan fingerprint density at radius 2 is 2.20 bits per heavy atom. The van der Waals surface area contributed by atoms with Crippen LogP contribution >= 0.6 is 0 Å². The van der Waals surface area contributed by atoms with Gasteiger partial charge in [0.05, 0.1) is 17.6 Å². The molecule has 1 fully saturated rings. The summed E-state index contributed by atoms with van der Waals surface area (Å²) in [4.78, 5) is 11.5. The minimum absolute atomic E-state index is 0.0636. The van der Waals surface area contributed by atoms with Crippen molar-refractivity contribution in [2.75, 3.05) is 23.8 Å². The minimum atomic E-state index is -3.13. The molecule has 2 rings (SSSR count). The van der Waals surface area contributed by atoms with Crippen LogP contribution in [0.5, 0.6) is 0 Å². The second-order valence-electron chi connectivity index (χ2n) is 5.10. The van der Waals surface area contributed by atoms with Gasteiger partial charge < -0.3 is 15.0 Å². The molecule has 20 heavy (non-hydrogen) atoms. The van der Waals surface area contributed by atoms with Gasteiger partial charge in [-0.15, -0.1) is 0 Å². The fourth-order valence-corrected chi connectivity index (χ4v) is 3.89. The third kappa shape index (κ3) is 4.35. The highest BCUT2D eigenvalue weighted by atomic mass is 32.2. The van der Waals surface area contributed by atoms with Crippen LogP contribution in [0.1, 0.15) is 19.3 Å². The van der Waals surface area contributed by atoms with Crippen LogP contribution in [0.2, 0.25) is 0 Å². The Balaban J connectivity index is 1.85. The van der Waals surface area contributed by atoms with E-state index in [4.69, 9.17) is 10.5 Å². The first kappa shape index (κ1) is 15.1. The normalized spacial score (nSPS) is 19.3. The summed E-state index contributed by atoms with van der Waals surface area (Å²) in [6, 6.07) is 2.92. The maximum Gasteiger partial charge on any atom is 0.250 e. The number of pyridine rings is 1. The smallest absolute Gasteiger partial charge is 0.250 e. The van der Waals surface area contributed by atoms with E-state index in [1.165, 1.54) is 22.9 Å². The highest BCUT2D eigenvalue weighted by Crippen LogP contribution is 2.14. The first-order valence-corrected chi connectivity index (χ1v) is 8.56. The van der Waals surface area contributed by atoms with Crippen molar-refractivity contribution in [1.29, 1.82) is 0 Å². The van der Waals surface area contributed by atoms with Gasteiger partial charge in [0.1, 0.15) is 0 Å². The van der Waals surface area contributed by atoms with Gasteiger partial charge in [0.2, 0.25) is 0 Å². The first-order chi connectivity index (χ1) is 9.46. The predicted octanol–water partition coefficient (Wildman–Crippen LogP) is 0.414. The average Bonchev–Trinajstić information content (AvgIpc) is 2.85. The molecule has 2 heterocycles. The van der Waals surface area contributed by atoms with Gasteiger partial charge in [-0.05, 0) is 25.3 Å². The van der Waals surface area contributed by atoms with Crippen LogP contribution in [0.15, 0.2) is 23.1 Å². The van der Waals surface area contributed by atoms with Gasteiger partial charge in [-0.3, -0.25) is 4.79 Å². The minimum Gasteiger partial charge on any atom is -0.398 e. The Kier molecular flexibility index (Phi) is 4.82. The number of nitrogens with zero attached hydrogens (tertiary/aromatic N) is 1. The number of nitrogens with two attached hydrogens (primary N) is 1. The van der Waals surface area contributed by atoms with Gasteiger partial charge in [0, 0.05) is 31.1 Å². The number of aryl methyl sites for hydroxylation is 1. The summed E-state index contributed by atoms with van der Waals surface area (Å²) < 4.78 is 30.7. The number of anilines is 1. The van der Waals surface area contributed by atoms with E-state index in [-0.39, 0.29) is 23.2 Å². The van der Waals surface area contributed by atoms with Gasteiger partial charge in [-0.25, -0.2) is 8.42 Å². The number of aromatic nitrogens is 1. The van der Waals surface area contributed by atoms with E-state index in [1.807, 2.05) is 0 Å². The van der Waals surface area contributed by atoms with Crippen LogP contribution in [-0.4, -0.2) is 37.2 Å². The molecule has 1 aromatic rings. The molecule has 0 amide bonds. The van der Waals surface area contributed by atoms with Crippen LogP contribution in [0.4, 0.5) is 5.69 Å². The van der Waals surface area contributed by atoms with Crippen molar-refractivity contribution in [3.63, 3.8) is 0 Å². The molecule has 0 saturated carbocycles. The third-order valence-electron chi connectivity index (χ3n) is 3.32. The fourth-order valence-electron chi connectivity index (χ4n) is 2.32. The second-order valence-corrected chi connectivity index (χ2v) is 7.33. The highest BCUT2D eigenvalue weighted by molar-refractivity contribution is 7.91. The summed E-state index contributed by atoms with van der Waals surface area (Å²) in [7, 11) is -3.13. The maximum atomic E-state index is 11.9. The summed E-state index contributed by atoms with van der Waals surface area (Å²) in [5.74, 6) is 0.146. The number of ether oxygens (including phenoxy) is 1. The molecule has 0 bridgehead atoms. The molecular weight excluding hydrogens is 280 g/mol. The van der Waals surface area contributed by atoms with Crippen molar-refractivity contribution in [2.45, 2.75) is 31.9 Å². The molecule has 0 radical (unpaired) electrons. The van der Waals surface area contributed by atoms with Crippen LogP contribution in [-0.2, 0) is 21.1 Å². The van der Waals surface area contributed by atoms with Gasteiger partial charge >= 0.3 is 0 Å². The zero-order valence-electron chi connectivity index (χ0n) is 11.3. The number of nitrogen functional groups attached to an aromatic ring is 1. The molecule has 1 aromatic heterocycles. The molecule has 2 N–H and O–H groups in total. The summed E-state index contributed by atoms with van der Waals surface area (Å²) in [6.07, 6.45) is 3.52. The number of rotatable bonds is 6. The van der Waals surface area contributed by atoms with E-state index in [9.17, 15) is 13.2 Å². The number of hydrogen-bond donors (Lipinski definition) is 1. The zero-order valence-corrected chi connectivity index (χ0v) is 12.1. The van der Waals surface area contributed by atoms with Crippen LogP contribution in [0.3, 0.4) is 0 Å². The third-order valence-corrected chi connectivity index (χ3v) is 5.11. The van der Waals surface area contributed by atoms with Crippen molar-refractivity contribution >= 4 is 15.5 Å². The quantitative estimate of drug-likeness (QED) is 0.822. The van der Waals surface area contributed by atoms with Crippen molar-refractivity contribution in [3.05, 3.63) is 28.7 Å². The SMILES string of the molecule is Nc1ccc(=O)n(CCCS(=O)(=O)CC2CCCO2)c1. The number of hydrogen-bond acceptors (Lipinski definition) is 5. The molecule has 112 valence electrons. The summed E-state index contributed by atoms with van der Waals surface area (Å²) in [5.41, 5.74) is 5.92. The van der Waals surface area contributed by atoms with Gasteiger partial charge in [0.15, 0.2) is 9.84 Å². The first-order valence-electron chi connectivity index (χ1n) is 6.74. The van der Waals surface area contributed by atoms with Gasteiger partial charge in [-0.2, -0.15) is 0 Å².